The third kappa shape index (κ3) is 6.00. The van der Waals surface area contributed by atoms with E-state index in [0.717, 1.165) is 29.6 Å². The summed E-state index contributed by atoms with van der Waals surface area (Å²) in [5.41, 5.74) is 0.0404. The van der Waals surface area contributed by atoms with E-state index in [9.17, 15) is 5.26 Å². The molecule has 28 heavy (non-hydrogen) atoms. The minimum absolute atomic E-state index is 0.0404. The van der Waals surface area contributed by atoms with Crippen molar-refractivity contribution in [3.8, 4) is 6.07 Å². The third-order valence-corrected chi connectivity index (χ3v) is 9.17. The first-order chi connectivity index (χ1) is 13.7. The molecule has 0 aromatic heterocycles. The summed E-state index contributed by atoms with van der Waals surface area (Å²) in [6.45, 7) is 4.65. The summed E-state index contributed by atoms with van der Waals surface area (Å²) >= 11 is 0. The Labute approximate surface area is 176 Å². The highest BCUT2D eigenvalue weighted by atomic mass is 14.4. The van der Waals surface area contributed by atoms with Gasteiger partial charge in [0.05, 0.1) is 11.5 Å². The predicted octanol–water partition coefficient (Wildman–Crippen LogP) is 8.68. The standard InChI is InChI=1S/C27H47N/c1-3-5-22-7-11-25(12-8-22)26-13-9-24(10-14-26)17-20-27(21-28)18-15-23(6-4-2)16-19-27/h22-26H,3-20H2,1-2H3. The molecule has 0 heterocycles. The number of nitrogens with zero attached hydrogens (tertiary/aromatic N) is 1. The van der Waals surface area contributed by atoms with Gasteiger partial charge in [0.25, 0.3) is 0 Å². The van der Waals surface area contributed by atoms with Gasteiger partial charge in [0.15, 0.2) is 0 Å². The zero-order valence-electron chi connectivity index (χ0n) is 19.1. The molecule has 0 radical (unpaired) electrons. The summed E-state index contributed by atoms with van der Waals surface area (Å²) in [6.07, 6.45) is 25.1. The van der Waals surface area contributed by atoms with E-state index in [1.807, 2.05) is 0 Å². The smallest absolute Gasteiger partial charge is 0.0689 e. The summed E-state index contributed by atoms with van der Waals surface area (Å²) in [6, 6.07) is 2.79. The fraction of sp³-hybridized carbons (Fsp3) is 0.963. The highest BCUT2D eigenvalue weighted by Crippen LogP contribution is 2.47. The molecular weight excluding hydrogens is 338 g/mol. The molecule has 0 saturated heterocycles. The minimum Gasteiger partial charge on any atom is -0.198 e. The van der Waals surface area contributed by atoms with Crippen LogP contribution >= 0.6 is 0 Å². The van der Waals surface area contributed by atoms with Gasteiger partial charge in [0, 0.05) is 0 Å². The maximum absolute atomic E-state index is 9.91. The van der Waals surface area contributed by atoms with Gasteiger partial charge < -0.3 is 0 Å². The monoisotopic (exact) mass is 385 g/mol. The average Bonchev–Trinajstić information content (AvgIpc) is 2.75. The Balaban J connectivity index is 1.36. The molecule has 0 unspecified atom stereocenters. The van der Waals surface area contributed by atoms with Crippen LogP contribution in [0.2, 0.25) is 0 Å². The van der Waals surface area contributed by atoms with Gasteiger partial charge in [0.2, 0.25) is 0 Å². The fourth-order valence-corrected chi connectivity index (χ4v) is 7.13. The van der Waals surface area contributed by atoms with Crippen molar-refractivity contribution in [2.45, 2.75) is 129 Å². The molecule has 0 atom stereocenters. The zero-order chi connectivity index (χ0) is 19.8. The largest absolute Gasteiger partial charge is 0.198 e. The predicted molar refractivity (Wildman–Crippen MR) is 120 cm³/mol. The number of hydrogen-bond donors (Lipinski definition) is 0. The molecular formula is C27H47N. The maximum Gasteiger partial charge on any atom is 0.0689 e. The van der Waals surface area contributed by atoms with Crippen LogP contribution in [0.5, 0.6) is 0 Å². The van der Waals surface area contributed by atoms with Crippen LogP contribution in [0.3, 0.4) is 0 Å². The van der Waals surface area contributed by atoms with Crippen LogP contribution in [0, 0.1) is 46.3 Å². The molecule has 3 saturated carbocycles. The van der Waals surface area contributed by atoms with Gasteiger partial charge in [-0.3, -0.25) is 0 Å². The molecule has 0 amide bonds. The molecule has 0 N–H and O–H groups in total. The lowest BCUT2D eigenvalue weighted by molar-refractivity contribution is 0.128. The second-order valence-corrected chi connectivity index (χ2v) is 11.0. The summed E-state index contributed by atoms with van der Waals surface area (Å²) < 4.78 is 0. The summed E-state index contributed by atoms with van der Waals surface area (Å²) in [5, 5.41) is 9.91. The molecule has 0 bridgehead atoms. The van der Waals surface area contributed by atoms with Gasteiger partial charge in [-0.05, 0) is 93.8 Å². The Kier molecular flexibility index (Phi) is 8.74. The average molecular weight is 386 g/mol. The van der Waals surface area contributed by atoms with E-state index in [-0.39, 0.29) is 5.41 Å². The van der Waals surface area contributed by atoms with Crippen LogP contribution in [-0.4, -0.2) is 0 Å². The van der Waals surface area contributed by atoms with Crippen LogP contribution in [0.4, 0.5) is 0 Å². The van der Waals surface area contributed by atoms with Crippen molar-refractivity contribution in [1.82, 2.24) is 0 Å². The summed E-state index contributed by atoms with van der Waals surface area (Å²) in [5.74, 6) is 4.97. The Morgan fingerprint density at radius 1 is 0.643 bits per heavy atom. The lowest BCUT2D eigenvalue weighted by atomic mass is 9.65. The van der Waals surface area contributed by atoms with Crippen molar-refractivity contribution in [2.75, 3.05) is 0 Å². The van der Waals surface area contributed by atoms with Crippen LogP contribution in [-0.2, 0) is 0 Å². The first-order valence-corrected chi connectivity index (χ1v) is 13.1. The second-order valence-electron chi connectivity index (χ2n) is 11.0. The van der Waals surface area contributed by atoms with Gasteiger partial charge in [0.1, 0.15) is 0 Å². The topological polar surface area (TPSA) is 23.8 Å². The third-order valence-electron chi connectivity index (χ3n) is 9.17. The molecule has 3 fully saturated rings. The lowest BCUT2D eigenvalue weighted by Gasteiger charge is -2.39. The molecule has 3 aliphatic rings. The van der Waals surface area contributed by atoms with Crippen LogP contribution < -0.4 is 0 Å². The molecule has 0 aliphatic heterocycles. The highest BCUT2D eigenvalue weighted by Gasteiger charge is 2.36. The van der Waals surface area contributed by atoms with Crippen molar-refractivity contribution >= 4 is 0 Å². The summed E-state index contributed by atoms with van der Waals surface area (Å²) in [7, 11) is 0. The van der Waals surface area contributed by atoms with Gasteiger partial charge in [-0.2, -0.15) is 5.26 Å². The van der Waals surface area contributed by atoms with Crippen molar-refractivity contribution in [3.63, 3.8) is 0 Å². The van der Waals surface area contributed by atoms with E-state index < -0.39 is 0 Å². The second kappa shape index (κ2) is 11.0. The van der Waals surface area contributed by atoms with E-state index in [2.05, 4.69) is 19.9 Å². The van der Waals surface area contributed by atoms with Crippen molar-refractivity contribution in [1.29, 1.82) is 5.26 Å². The first kappa shape index (κ1) is 22.2. The molecule has 3 aliphatic carbocycles. The van der Waals surface area contributed by atoms with E-state index in [0.29, 0.717) is 0 Å². The van der Waals surface area contributed by atoms with Crippen LogP contribution in [0.15, 0.2) is 0 Å². The van der Waals surface area contributed by atoms with Crippen molar-refractivity contribution in [3.05, 3.63) is 0 Å². The molecule has 0 aromatic rings. The number of rotatable bonds is 8. The van der Waals surface area contributed by atoms with Crippen molar-refractivity contribution in [2.24, 2.45) is 35.0 Å². The Morgan fingerprint density at radius 2 is 1.07 bits per heavy atom. The van der Waals surface area contributed by atoms with Crippen LogP contribution in [0.25, 0.3) is 0 Å². The highest BCUT2D eigenvalue weighted by molar-refractivity contribution is 5.01. The molecule has 160 valence electrons. The molecule has 3 rings (SSSR count). The number of nitriles is 1. The quantitative estimate of drug-likeness (QED) is 0.410. The fourth-order valence-electron chi connectivity index (χ4n) is 7.13. The summed E-state index contributed by atoms with van der Waals surface area (Å²) in [4.78, 5) is 0. The Morgan fingerprint density at radius 3 is 1.50 bits per heavy atom. The van der Waals surface area contributed by atoms with Gasteiger partial charge in [-0.1, -0.05) is 65.2 Å². The molecule has 0 aromatic carbocycles. The molecule has 1 nitrogen and oxygen atoms in total. The Bertz CT molecular complexity index is 465. The maximum atomic E-state index is 9.91. The molecule has 0 spiro atoms. The molecule has 1 heteroatoms. The normalized spacial score (nSPS) is 39.4. The Hall–Kier alpha value is -0.510. The van der Waals surface area contributed by atoms with E-state index in [1.54, 1.807) is 0 Å². The SMILES string of the molecule is CCCC1CCC(C2CCC(CCC3(C#N)CCC(CCC)CC3)CC2)CC1. The lowest BCUT2D eigenvalue weighted by Crippen LogP contribution is -2.28. The van der Waals surface area contributed by atoms with Crippen molar-refractivity contribution < 1.29 is 0 Å². The first-order valence-electron chi connectivity index (χ1n) is 13.1. The van der Waals surface area contributed by atoms with Gasteiger partial charge >= 0.3 is 0 Å². The van der Waals surface area contributed by atoms with E-state index in [4.69, 9.17) is 0 Å². The minimum atomic E-state index is 0.0404. The van der Waals surface area contributed by atoms with E-state index in [1.165, 1.54) is 116 Å². The van der Waals surface area contributed by atoms with Gasteiger partial charge in [-0.25, -0.2) is 0 Å². The van der Waals surface area contributed by atoms with E-state index >= 15 is 0 Å². The van der Waals surface area contributed by atoms with Crippen LogP contribution in [0.1, 0.15) is 129 Å². The zero-order valence-corrected chi connectivity index (χ0v) is 19.1. The van der Waals surface area contributed by atoms with Gasteiger partial charge in [-0.15, -0.1) is 0 Å². The number of hydrogen-bond acceptors (Lipinski definition) is 1.